The Morgan fingerprint density at radius 2 is 2.17 bits per heavy atom. The molecule has 0 saturated carbocycles. The van der Waals surface area contributed by atoms with Crippen molar-refractivity contribution in [1.82, 2.24) is 9.97 Å². The number of hydrogen-bond donors (Lipinski definition) is 1. The van der Waals surface area contributed by atoms with Gasteiger partial charge in [0.25, 0.3) is 0 Å². The van der Waals surface area contributed by atoms with Gasteiger partial charge in [-0.25, -0.2) is 9.97 Å². The van der Waals surface area contributed by atoms with Crippen molar-refractivity contribution in [3.05, 3.63) is 35.0 Å². The Kier molecular flexibility index (Phi) is 3.31. The van der Waals surface area contributed by atoms with Gasteiger partial charge < -0.3 is 10.5 Å². The van der Waals surface area contributed by atoms with Crippen molar-refractivity contribution < 1.29 is 4.74 Å². The summed E-state index contributed by atoms with van der Waals surface area (Å²) in [5, 5.41) is 8.98. The highest BCUT2D eigenvalue weighted by atomic mass is 35.5. The second-order valence-electron chi connectivity index (χ2n) is 3.45. The molecule has 0 unspecified atom stereocenters. The number of rotatable bonds is 2. The summed E-state index contributed by atoms with van der Waals surface area (Å²) in [5.74, 6) is 0.766. The predicted molar refractivity (Wildman–Crippen MR) is 68.2 cm³/mol. The van der Waals surface area contributed by atoms with Crippen molar-refractivity contribution in [2.75, 3.05) is 12.8 Å². The van der Waals surface area contributed by atoms with Crippen LogP contribution in [-0.2, 0) is 0 Å². The zero-order valence-corrected chi connectivity index (χ0v) is 10.3. The normalized spacial score (nSPS) is 9.83. The molecule has 18 heavy (non-hydrogen) atoms. The minimum Gasteiger partial charge on any atom is -0.490 e. The summed E-state index contributed by atoms with van der Waals surface area (Å²) in [7, 11) is 1.44. The van der Waals surface area contributed by atoms with Gasteiger partial charge in [0, 0.05) is 5.56 Å². The maximum atomic E-state index is 8.84. The summed E-state index contributed by atoms with van der Waals surface area (Å²) < 4.78 is 4.98. The highest BCUT2D eigenvalue weighted by molar-refractivity contribution is 6.31. The molecule has 0 radical (unpaired) electrons. The third kappa shape index (κ3) is 2.19. The zero-order chi connectivity index (χ0) is 13.1. The van der Waals surface area contributed by atoms with Crippen molar-refractivity contribution in [2.24, 2.45) is 0 Å². The molecule has 0 aliphatic heterocycles. The first kappa shape index (κ1) is 12.1. The highest BCUT2D eigenvalue weighted by Crippen LogP contribution is 2.30. The molecular formula is C12H9ClN4O. The molecule has 1 aromatic carbocycles. The quantitative estimate of drug-likeness (QED) is 0.837. The maximum absolute atomic E-state index is 8.84. The zero-order valence-electron chi connectivity index (χ0n) is 9.51. The first-order chi connectivity index (χ1) is 8.65. The van der Waals surface area contributed by atoms with Gasteiger partial charge in [-0.1, -0.05) is 23.7 Å². The van der Waals surface area contributed by atoms with E-state index in [0.717, 1.165) is 0 Å². The van der Waals surface area contributed by atoms with E-state index in [-0.39, 0.29) is 16.7 Å². The Morgan fingerprint density at radius 3 is 2.78 bits per heavy atom. The summed E-state index contributed by atoms with van der Waals surface area (Å²) in [4.78, 5) is 8.19. The predicted octanol–water partition coefficient (Wildman–Crippen LogP) is 2.26. The Bertz CT molecular complexity index is 613. The fourth-order valence-electron chi connectivity index (χ4n) is 1.49. The third-order valence-corrected chi connectivity index (χ3v) is 2.56. The molecule has 2 N–H and O–H groups in total. The van der Waals surface area contributed by atoms with Crippen LogP contribution >= 0.6 is 11.6 Å². The van der Waals surface area contributed by atoms with Crippen molar-refractivity contribution in [1.29, 1.82) is 5.26 Å². The molecule has 0 amide bonds. The molecule has 0 saturated heterocycles. The number of aromatic nitrogens is 2. The molecule has 0 aliphatic carbocycles. The van der Waals surface area contributed by atoms with Gasteiger partial charge in [0.05, 0.1) is 18.7 Å². The van der Waals surface area contributed by atoms with Crippen LogP contribution in [0.3, 0.4) is 0 Å². The molecule has 1 aromatic heterocycles. The molecule has 5 nitrogen and oxygen atoms in total. The molecule has 2 rings (SSSR count). The average Bonchev–Trinajstić information content (AvgIpc) is 2.38. The number of methoxy groups -OCH3 is 1. The Balaban J connectivity index is 2.55. The topological polar surface area (TPSA) is 84.8 Å². The van der Waals surface area contributed by atoms with Crippen LogP contribution in [0.2, 0.25) is 5.15 Å². The molecule has 0 bridgehead atoms. The summed E-state index contributed by atoms with van der Waals surface area (Å²) in [6, 6.07) is 8.92. The Hall–Kier alpha value is -2.32. The van der Waals surface area contributed by atoms with Gasteiger partial charge in [-0.15, -0.1) is 0 Å². The van der Waals surface area contributed by atoms with Gasteiger partial charge >= 0.3 is 0 Å². The smallest absolute Gasteiger partial charge is 0.198 e. The fraction of sp³-hybridized carbons (Fsp3) is 0.0833. The number of nitriles is 1. The van der Waals surface area contributed by atoms with E-state index >= 15 is 0 Å². The van der Waals surface area contributed by atoms with E-state index in [1.807, 2.05) is 6.07 Å². The molecule has 90 valence electrons. The van der Waals surface area contributed by atoms with Crippen molar-refractivity contribution in [3.63, 3.8) is 0 Å². The van der Waals surface area contributed by atoms with Gasteiger partial charge in [-0.05, 0) is 12.1 Å². The maximum Gasteiger partial charge on any atom is 0.198 e. The van der Waals surface area contributed by atoms with Gasteiger partial charge in [0.1, 0.15) is 0 Å². The van der Waals surface area contributed by atoms with Crippen molar-refractivity contribution in [3.8, 4) is 23.2 Å². The lowest BCUT2D eigenvalue weighted by atomic mass is 10.1. The number of nitrogens with two attached hydrogens (primary N) is 1. The number of nitrogens with zero attached hydrogens (tertiary/aromatic N) is 3. The van der Waals surface area contributed by atoms with E-state index < -0.39 is 0 Å². The third-order valence-electron chi connectivity index (χ3n) is 2.30. The van der Waals surface area contributed by atoms with Crippen LogP contribution < -0.4 is 10.5 Å². The van der Waals surface area contributed by atoms with Crippen molar-refractivity contribution >= 4 is 17.4 Å². The summed E-state index contributed by atoms with van der Waals surface area (Å²) in [5.41, 5.74) is 6.90. The molecule has 0 atom stereocenters. The number of nitrogen functional groups attached to an aromatic ring is 1. The van der Waals surface area contributed by atoms with Gasteiger partial charge in [0.2, 0.25) is 0 Å². The lowest BCUT2D eigenvalue weighted by Gasteiger charge is -2.07. The lowest BCUT2D eigenvalue weighted by Crippen LogP contribution is -2.01. The summed E-state index contributed by atoms with van der Waals surface area (Å²) in [6.45, 7) is 0. The number of anilines is 1. The minimum absolute atomic E-state index is 0.141. The molecule has 0 fully saturated rings. The second-order valence-corrected chi connectivity index (χ2v) is 3.81. The van der Waals surface area contributed by atoms with Crippen LogP contribution in [0, 0.1) is 11.3 Å². The summed E-state index contributed by atoms with van der Waals surface area (Å²) in [6.07, 6.45) is 0. The van der Waals surface area contributed by atoms with E-state index in [1.165, 1.54) is 7.11 Å². The molecule has 0 aliphatic rings. The molecule has 0 spiro atoms. The van der Waals surface area contributed by atoms with E-state index in [1.54, 1.807) is 24.3 Å². The standard InChI is InChI=1S/C12H9ClN4O/c1-18-9-10(13)16-12(17-11(9)15)8-4-2-3-7(5-8)6-14/h2-5H,1H3,(H2,15,16,17). The highest BCUT2D eigenvalue weighted by Gasteiger charge is 2.12. The van der Waals surface area contributed by atoms with Gasteiger partial charge in [-0.3, -0.25) is 0 Å². The molecule has 6 heteroatoms. The number of hydrogen-bond acceptors (Lipinski definition) is 5. The van der Waals surface area contributed by atoms with Crippen molar-refractivity contribution in [2.45, 2.75) is 0 Å². The first-order valence-electron chi connectivity index (χ1n) is 5.03. The fourth-order valence-corrected chi connectivity index (χ4v) is 1.74. The Morgan fingerprint density at radius 1 is 1.39 bits per heavy atom. The van der Waals surface area contributed by atoms with Crippen LogP contribution in [-0.4, -0.2) is 17.1 Å². The van der Waals surface area contributed by atoms with E-state index in [4.69, 9.17) is 27.3 Å². The van der Waals surface area contributed by atoms with E-state index in [9.17, 15) is 0 Å². The van der Waals surface area contributed by atoms with E-state index in [0.29, 0.717) is 17.0 Å². The molecule has 2 aromatic rings. The van der Waals surface area contributed by atoms with Crippen LogP contribution in [0.25, 0.3) is 11.4 Å². The van der Waals surface area contributed by atoms with Crippen LogP contribution in [0.4, 0.5) is 5.82 Å². The van der Waals surface area contributed by atoms with Crippen LogP contribution in [0.1, 0.15) is 5.56 Å². The SMILES string of the molecule is COc1c(N)nc(-c2cccc(C#N)c2)nc1Cl. The minimum atomic E-state index is 0.141. The molecule has 1 heterocycles. The second kappa shape index (κ2) is 4.90. The van der Waals surface area contributed by atoms with E-state index in [2.05, 4.69) is 9.97 Å². The van der Waals surface area contributed by atoms with Gasteiger partial charge in [0.15, 0.2) is 22.5 Å². The van der Waals surface area contributed by atoms with Crippen LogP contribution in [0.15, 0.2) is 24.3 Å². The average molecular weight is 261 g/mol. The number of ether oxygens (including phenoxy) is 1. The number of benzene rings is 1. The largest absolute Gasteiger partial charge is 0.490 e. The number of halogens is 1. The first-order valence-corrected chi connectivity index (χ1v) is 5.41. The van der Waals surface area contributed by atoms with Crippen LogP contribution in [0.5, 0.6) is 5.75 Å². The Labute approximate surface area is 109 Å². The monoisotopic (exact) mass is 260 g/mol. The van der Waals surface area contributed by atoms with Gasteiger partial charge in [-0.2, -0.15) is 5.26 Å². The lowest BCUT2D eigenvalue weighted by molar-refractivity contribution is 0.414. The molecular weight excluding hydrogens is 252 g/mol. The summed E-state index contributed by atoms with van der Waals surface area (Å²) >= 11 is 5.94.